The highest BCUT2D eigenvalue weighted by Crippen LogP contribution is 2.28. The molecule has 0 bridgehead atoms. The summed E-state index contributed by atoms with van der Waals surface area (Å²) in [5.41, 5.74) is 3.26. The fraction of sp³-hybridized carbons (Fsp3) is 0.391. The van der Waals surface area contributed by atoms with Gasteiger partial charge in [0.25, 0.3) is 0 Å². The van der Waals surface area contributed by atoms with Crippen molar-refractivity contribution >= 4 is 34.6 Å². The highest BCUT2D eigenvalue weighted by molar-refractivity contribution is 7.80. The Bertz CT molecular complexity index is 818. The van der Waals surface area contributed by atoms with Gasteiger partial charge in [0.05, 0.1) is 0 Å². The van der Waals surface area contributed by atoms with Gasteiger partial charge in [-0.3, -0.25) is 4.79 Å². The lowest BCUT2D eigenvalue weighted by atomic mass is 9.79. The van der Waals surface area contributed by atoms with Crippen molar-refractivity contribution in [3.8, 4) is 0 Å². The predicted octanol–water partition coefficient (Wildman–Crippen LogP) is 4.86. The minimum absolute atomic E-state index is 0.0627. The Hall–Kier alpha value is -2.40. The first kappa shape index (κ1) is 20.3. The van der Waals surface area contributed by atoms with Crippen molar-refractivity contribution in [3.05, 3.63) is 60.2 Å². The van der Waals surface area contributed by atoms with E-state index in [1.165, 1.54) is 5.56 Å². The summed E-state index contributed by atoms with van der Waals surface area (Å²) in [6, 6.07) is 18.7. The highest BCUT2D eigenvalue weighted by atomic mass is 32.1. The molecule has 1 atom stereocenters. The van der Waals surface area contributed by atoms with E-state index in [4.69, 9.17) is 12.2 Å². The van der Waals surface area contributed by atoms with Crippen molar-refractivity contribution in [1.29, 1.82) is 0 Å². The first-order valence-electron chi connectivity index (χ1n) is 9.89. The summed E-state index contributed by atoms with van der Waals surface area (Å²) in [6.45, 7) is 7.48. The summed E-state index contributed by atoms with van der Waals surface area (Å²) in [6.07, 6.45) is 2.55. The van der Waals surface area contributed by atoms with E-state index in [0.29, 0.717) is 11.5 Å². The van der Waals surface area contributed by atoms with E-state index < -0.39 is 0 Å². The van der Waals surface area contributed by atoms with Crippen molar-refractivity contribution in [2.45, 2.75) is 51.5 Å². The van der Waals surface area contributed by atoms with Gasteiger partial charge in [0, 0.05) is 30.4 Å². The molecule has 2 aromatic rings. The second-order valence-electron chi connectivity index (χ2n) is 8.15. The maximum atomic E-state index is 11.9. The van der Waals surface area contributed by atoms with Gasteiger partial charge in [0.2, 0.25) is 5.91 Å². The van der Waals surface area contributed by atoms with E-state index in [2.05, 4.69) is 55.7 Å². The molecule has 148 valence electrons. The molecule has 2 aromatic carbocycles. The van der Waals surface area contributed by atoms with E-state index in [-0.39, 0.29) is 17.4 Å². The zero-order valence-corrected chi connectivity index (χ0v) is 17.7. The van der Waals surface area contributed by atoms with Gasteiger partial charge in [-0.25, -0.2) is 0 Å². The molecule has 28 heavy (non-hydrogen) atoms. The van der Waals surface area contributed by atoms with Crippen molar-refractivity contribution in [3.63, 3.8) is 0 Å². The third kappa shape index (κ3) is 5.10. The number of amides is 1. The van der Waals surface area contributed by atoms with Gasteiger partial charge in [-0.1, -0.05) is 44.2 Å². The van der Waals surface area contributed by atoms with Crippen LogP contribution in [0.25, 0.3) is 0 Å². The average Bonchev–Trinajstić information content (AvgIpc) is 3.08. The summed E-state index contributed by atoms with van der Waals surface area (Å²) in [4.78, 5) is 13.7. The van der Waals surface area contributed by atoms with E-state index in [9.17, 15) is 4.79 Å². The number of thiocarbonyl (C=S) groups is 1. The highest BCUT2D eigenvalue weighted by Gasteiger charge is 2.24. The lowest BCUT2D eigenvalue weighted by Gasteiger charge is -2.29. The lowest BCUT2D eigenvalue weighted by molar-refractivity contribution is -0.117. The topological polar surface area (TPSA) is 44.4 Å². The number of anilines is 2. The molecule has 3 rings (SSSR count). The number of nitrogens with zero attached hydrogens (tertiary/aromatic N) is 1. The zero-order chi connectivity index (χ0) is 20.1. The molecule has 1 aliphatic rings. The van der Waals surface area contributed by atoms with Crippen LogP contribution in [0, 0.1) is 0 Å². The normalized spacial score (nSPS) is 15.4. The smallest absolute Gasteiger partial charge is 0.227 e. The molecule has 1 fully saturated rings. The Morgan fingerprint density at radius 3 is 2.43 bits per heavy atom. The monoisotopic (exact) mass is 395 g/mol. The quantitative estimate of drug-likeness (QED) is 0.686. The molecule has 2 N–H and O–H groups in total. The van der Waals surface area contributed by atoms with Crippen LogP contribution in [0.2, 0.25) is 0 Å². The van der Waals surface area contributed by atoms with Crippen LogP contribution in [0.3, 0.4) is 0 Å². The number of benzene rings is 2. The van der Waals surface area contributed by atoms with Gasteiger partial charge < -0.3 is 15.5 Å². The van der Waals surface area contributed by atoms with Gasteiger partial charge in [0.1, 0.15) is 0 Å². The van der Waals surface area contributed by atoms with Crippen LogP contribution in [-0.2, 0) is 10.2 Å². The SMILES string of the molecule is C[C@H](CC(C)(C)c1ccccc1)NC(=S)Nc1ccc(N2CCCC2=O)cc1. The Balaban J connectivity index is 1.53. The Morgan fingerprint density at radius 2 is 1.82 bits per heavy atom. The number of nitrogens with one attached hydrogen (secondary N) is 2. The standard InChI is InChI=1S/C23H29N3OS/c1-17(16-23(2,3)18-8-5-4-6-9-18)24-22(28)25-19-11-13-20(14-12-19)26-15-7-10-21(26)27/h4-6,8-9,11-14,17H,7,10,15-16H2,1-3H3,(H2,24,25,28)/t17-/m1/s1. The Labute approximate surface area is 173 Å². The van der Waals surface area contributed by atoms with Gasteiger partial charge in [-0.15, -0.1) is 0 Å². The molecular formula is C23H29N3OS. The second-order valence-corrected chi connectivity index (χ2v) is 8.56. The second kappa shape index (κ2) is 8.74. The van der Waals surface area contributed by atoms with Crippen molar-refractivity contribution in [2.75, 3.05) is 16.8 Å². The molecule has 0 aliphatic carbocycles. The summed E-state index contributed by atoms with van der Waals surface area (Å²) in [5, 5.41) is 7.24. The largest absolute Gasteiger partial charge is 0.360 e. The number of carbonyl (C=O) groups is 1. The predicted molar refractivity (Wildman–Crippen MR) is 121 cm³/mol. The molecule has 1 aliphatic heterocycles. The zero-order valence-electron chi connectivity index (χ0n) is 16.9. The Kier molecular flexibility index (Phi) is 6.35. The van der Waals surface area contributed by atoms with Crippen LogP contribution in [0.15, 0.2) is 54.6 Å². The van der Waals surface area contributed by atoms with Crippen LogP contribution in [0.1, 0.15) is 45.6 Å². The molecule has 1 saturated heterocycles. The Morgan fingerprint density at radius 1 is 1.14 bits per heavy atom. The number of hydrogen-bond acceptors (Lipinski definition) is 2. The third-order valence-corrected chi connectivity index (χ3v) is 5.48. The maximum Gasteiger partial charge on any atom is 0.227 e. The van der Waals surface area contributed by atoms with Crippen LogP contribution in [-0.4, -0.2) is 23.6 Å². The molecule has 1 amide bonds. The number of rotatable bonds is 6. The first-order chi connectivity index (χ1) is 13.3. The third-order valence-electron chi connectivity index (χ3n) is 5.26. The van der Waals surface area contributed by atoms with Crippen LogP contribution in [0.5, 0.6) is 0 Å². The average molecular weight is 396 g/mol. The van der Waals surface area contributed by atoms with Crippen molar-refractivity contribution in [2.24, 2.45) is 0 Å². The summed E-state index contributed by atoms with van der Waals surface area (Å²) < 4.78 is 0. The van der Waals surface area contributed by atoms with E-state index in [1.807, 2.05) is 35.2 Å². The molecule has 4 nitrogen and oxygen atoms in total. The minimum atomic E-state index is 0.0627. The molecule has 0 spiro atoms. The lowest BCUT2D eigenvalue weighted by Crippen LogP contribution is -2.39. The fourth-order valence-corrected chi connectivity index (χ4v) is 4.18. The summed E-state index contributed by atoms with van der Waals surface area (Å²) in [5.74, 6) is 0.202. The maximum absolute atomic E-state index is 11.9. The number of hydrogen-bond donors (Lipinski definition) is 2. The van der Waals surface area contributed by atoms with Gasteiger partial charge in [-0.05, 0) is 67.2 Å². The molecule has 0 unspecified atom stereocenters. The van der Waals surface area contributed by atoms with Gasteiger partial charge in [-0.2, -0.15) is 0 Å². The molecular weight excluding hydrogens is 366 g/mol. The summed E-state index contributed by atoms with van der Waals surface area (Å²) >= 11 is 5.49. The van der Waals surface area contributed by atoms with Crippen LogP contribution >= 0.6 is 12.2 Å². The molecule has 0 saturated carbocycles. The van der Waals surface area contributed by atoms with Crippen LogP contribution < -0.4 is 15.5 Å². The molecule has 1 heterocycles. The molecule has 5 heteroatoms. The van der Waals surface area contributed by atoms with E-state index in [0.717, 1.165) is 30.8 Å². The van der Waals surface area contributed by atoms with Crippen LogP contribution in [0.4, 0.5) is 11.4 Å². The van der Waals surface area contributed by atoms with E-state index in [1.54, 1.807) is 0 Å². The van der Waals surface area contributed by atoms with Crippen molar-refractivity contribution < 1.29 is 4.79 Å². The summed E-state index contributed by atoms with van der Waals surface area (Å²) in [7, 11) is 0. The van der Waals surface area contributed by atoms with Gasteiger partial charge >= 0.3 is 0 Å². The minimum Gasteiger partial charge on any atom is -0.360 e. The molecule has 0 aromatic heterocycles. The van der Waals surface area contributed by atoms with Gasteiger partial charge in [0.15, 0.2) is 5.11 Å². The van der Waals surface area contributed by atoms with Crippen molar-refractivity contribution in [1.82, 2.24) is 5.32 Å². The first-order valence-corrected chi connectivity index (χ1v) is 10.3. The molecule has 0 radical (unpaired) electrons. The number of carbonyl (C=O) groups excluding carboxylic acids is 1. The fourth-order valence-electron chi connectivity index (χ4n) is 3.86. The van der Waals surface area contributed by atoms with E-state index >= 15 is 0 Å².